The van der Waals surface area contributed by atoms with Crippen LogP contribution in [-0.2, 0) is 14.3 Å². The molecule has 6 nitrogen and oxygen atoms in total. The molecule has 1 aromatic carbocycles. The quantitative estimate of drug-likeness (QED) is 0.598. The highest BCUT2D eigenvalue weighted by atomic mass is 32.1. The van der Waals surface area contributed by atoms with Gasteiger partial charge in [0.2, 0.25) is 0 Å². The second-order valence-corrected chi connectivity index (χ2v) is 9.58. The zero-order chi connectivity index (χ0) is 23.7. The van der Waals surface area contributed by atoms with Crippen molar-refractivity contribution in [2.24, 2.45) is 0 Å². The van der Waals surface area contributed by atoms with Crippen LogP contribution in [0.5, 0.6) is 11.5 Å². The normalized spacial score (nSPS) is 20.5. The first-order chi connectivity index (χ1) is 15.8. The molecule has 1 aromatic heterocycles. The Balaban J connectivity index is 1.73. The van der Waals surface area contributed by atoms with Crippen molar-refractivity contribution >= 4 is 23.1 Å². The highest BCUT2D eigenvalue weighted by molar-refractivity contribution is 7.10. The molecule has 0 saturated carbocycles. The Morgan fingerprint density at radius 1 is 1.12 bits per heavy atom. The van der Waals surface area contributed by atoms with Gasteiger partial charge in [0.1, 0.15) is 0 Å². The summed E-state index contributed by atoms with van der Waals surface area (Å²) in [6.07, 6.45) is 0.791. The third-order valence-corrected chi connectivity index (χ3v) is 7.03. The van der Waals surface area contributed by atoms with E-state index in [9.17, 15) is 9.59 Å². The van der Waals surface area contributed by atoms with Gasteiger partial charge >= 0.3 is 5.97 Å². The fourth-order valence-corrected chi connectivity index (χ4v) is 5.51. The number of hydrogen-bond donors (Lipinski definition) is 1. The molecule has 33 heavy (non-hydrogen) atoms. The first-order valence-electron chi connectivity index (χ1n) is 11.0. The highest BCUT2D eigenvalue weighted by Gasteiger charge is 2.42. The van der Waals surface area contributed by atoms with E-state index in [0.717, 1.165) is 21.8 Å². The molecule has 1 N–H and O–H groups in total. The van der Waals surface area contributed by atoms with Crippen molar-refractivity contribution in [3.63, 3.8) is 0 Å². The van der Waals surface area contributed by atoms with E-state index in [4.69, 9.17) is 14.2 Å². The Bertz CT molecular complexity index is 1130. The maximum absolute atomic E-state index is 13.6. The minimum atomic E-state index is -0.411. The van der Waals surface area contributed by atoms with Crippen molar-refractivity contribution in [3.05, 3.63) is 68.7 Å². The van der Waals surface area contributed by atoms with E-state index in [2.05, 4.69) is 5.32 Å². The summed E-state index contributed by atoms with van der Waals surface area (Å²) in [5.41, 5.74) is 3.83. The van der Waals surface area contributed by atoms with Crippen molar-refractivity contribution in [1.29, 1.82) is 0 Å². The Morgan fingerprint density at radius 3 is 2.52 bits per heavy atom. The number of allylic oxidation sites excluding steroid dienone is 3. The summed E-state index contributed by atoms with van der Waals surface area (Å²) in [5, 5.41) is 5.35. The number of nitrogens with one attached hydrogen (secondary N) is 1. The maximum atomic E-state index is 13.6. The van der Waals surface area contributed by atoms with E-state index in [1.165, 1.54) is 0 Å². The summed E-state index contributed by atoms with van der Waals surface area (Å²) in [6.45, 7) is 5.54. The minimum absolute atomic E-state index is 0.00417. The average molecular weight is 468 g/mol. The number of hydrogen-bond acceptors (Lipinski definition) is 7. The topological polar surface area (TPSA) is 73.9 Å². The zero-order valence-electron chi connectivity index (χ0n) is 19.6. The molecule has 2 aliphatic rings. The molecule has 1 aliphatic carbocycles. The standard InChI is InChI=1S/C26H29NO5S/c1-14(2)32-26(29)23-15(3)27-18-11-17(16-8-9-20(30-4)21(13-16)31-5)12-19(28)24(18)25(23)22-7-6-10-33-22/h6-10,13-14,17,25,27H,11-12H2,1-5H3/t17-,25-/m1/s1. The lowest BCUT2D eigenvalue weighted by Gasteiger charge is -2.36. The SMILES string of the molecule is COc1ccc([C@H]2CC(=O)C3=C(C2)NC(C)=C(C(=O)OC(C)C)[C@H]3c2cccs2)cc1OC. The predicted octanol–water partition coefficient (Wildman–Crippen LogP) is 5.08. The summed E-state index contributed by atoms with van der Waals surface area (Å²) in [4.78, 5) is 27.6. The van der Waals surface area contributed by atoms with Gasteiger partial charge in [0.25, 0.3) is 0 Å². The third-order valence-electron chi connectivity index (χ3n) is 6.10. The predicted molar refractivity (Wildman–Crippen MR) is 128 cm³/mol. The number of rotatable bonds is 6. The van der Waals surface area contributed by atoms with E-state index >= 15 is 0 Å². The van der Waals surface area contributed by atoms with Crippen LogP contribution in [0, 0.1) is 0 Å². The molecule has 2 heterocycles. The zero-order valence-corrected chi connectivity index (χ0v) is 20.4. The summed E-state index contributed by atoms with van der Waals surface area (Å²) >= 11 is 1.55. The average Bonchev–Trinajstić information content (AvgIpc) is 3.31. The third kappa shape index (κ3) is 4.42. The van der Waals surface area contributed by atoms with Crippen molar-refractivity contribution in [1.82, 2.24) is 5.32 Å². The molecule has 0 bridgehead atoms. The Morgan fingerprint density at radius 2 is 1.88 bits per heavy atom. The van der Waals surface area contributed by atoms with E-state index in [-0.39, 0.29) is 23.8 Å². The lowest BCUT2D eigenvalue weighted by molar-refractivity contribution is -0.143. The molecule has 2 atom stereocenters. The van der Waals surface area contributed by atoms with E-state index in [1.807, 2.05) is 56.5 Å². The number of dihydropyridines is 1. The van der Waals surface area contributed by atoms with E-state index in [0.29, 0.717) is 35.5 Å². The van der Waals surface area contributed by atoms with Gasteiger partial charge in [0.05, 0.1) is 31.8 Å². The number of esters is 1. The number of benzene rings is 1. The summed E-state index contributed by atoms with van der Waals surface area (Å²) in [6, 6.07) is 9.72. The minimum Gasteiger partial charge on any atom is -0.493 e. The van der Waals surface area contributed by atoms with Crippen molar-refractivity contribution in [3.8, 4) is 11.5 Å². The molecular formula is C26H29NO5S. The first kappa shape index (κ1) is 23.1. The fraction of sp³-hybridized carbons (Fsp3) is 0.385. The van der Waals surface area contributed by atoms with Crippen LogP contribution in [-0.4, -0.2) is 32.1 Å². The molecule has 7 heteroatoms. The highest BCUT2D eigenvalue weighted by Crippen LogP contribution is 2.47. The van der Waals surface area contributed by atoms with E-state index in [1.54, 1.807) is 25.6 Å². The van der Waals surface area contributed by atoms with Crippen LogP contribution < -0.4 is 14.8 Å². The Labute approximate surface area is 198 Å². The maximum Gasteiger partial charge on any atom is 0.337 e. The molecule has 1 aliphatic heterocycles. The smallest absolute Gasteiger partial charge is 0.337 e. The monoisotopic (exact) mass is 467 g/mol. The molecular weight excluding hydrogens is 438 g/mol. The van der Waals surface area contributed by atoms with Crippen LogP contribution in [0.15, 0.2) is 58.3 Å². The van der Waals surface area contributed by atoms with Crippen molar-refractivity contribution in [2.75, 3.05) is 14.2 Å². The van der Waals surface area contributed by atoms with Gasteiger partial charge in [-0.3, -0.25) is 4.79 Å². The lowest BCUT2D eigenvalue weighted by Crippen LogP contribution is -2.36. The fourth-order valence-electron chi connectivity index (χ4n) is 4.67. The van der Waals surface area contributed by atoms with Crippen LogP contribution in [0.1, 0.15) is 55.9 Å². The van der Waals surface area contributed by atoms with Crippen molar-refractivity contribution in [2.45, 2.75) is 51.6 Å². The molecule has 0 radical (unpaired) electrons. The Hall–Kier alpha value is -3.06. The molecule has 0 unspecified atom stereocenters. The second kappa shape index (κ2) is 9.43. The van der Waals surface area contributed by atoms with Crippen LogP contribution in [0.3, 0.4) is 0 Å². The van der Waals surface area contributed by atoms with Crippen LogP contribution >= 0.6 is 11.3 Å². The molecule has 0 saturated heterocycles. The van der Waals surface area contributed by atoms with Crippen LogP contribution in [0.2, 0.25) is 0 Å². The largest absolute Gasteiger partial charge is 0.493 e. The molecule has 0 amide bonds. The number of ether oxygens (including phenoxy) is 3. The molecule has 0 spiro atoms. The molecule has 2 aromatic rings. The van der Waals surface area contributed by atoms with Gasteiger partial charge in [-0.2, -0.15) is 0 Å². The van der Waals surface area contributed by atoms with Gasteiger partial charge in [0.15, 0.2) is 17.3 Å². The Kier molecular flexibility index (Phi) is 6.61. The number of carbonyl (C=O) groups excluding carboxylic acids is 2. The summed E-state index contributed by atoms with van der Waals surface area (Å²) in [5.74, 6) is 0.559. The molecule has 0 fully saturated rings. The molecule has 4 rings (SSSR count). The number of carbonyl (C=O) groups is 2. The lowest BCUT2D eigenvalue weighted by atomic mass is 9.73. The summed E-state index contributed by atoms with van der Waals surface area (Å²) in [7, 11) is 3.21. The van der Waals surface area contributed by atoms with Gasteiger partial charge in [-0.05, 0) is 62.3 Å². The van der Waals surface area contributed by atoms with E-state index < -0.39 is 5.92 Å². The van der Waals surface area contributed by atoms with Gasteiger partial charge in [-0.25, -0.2) is 4.79 Å². The van der Waals surface area contributed by atoms with Gasteiger partial charge < -0.3 is 19.5 Å². The first-order valence-corrected chi connectivity index (χ1v) is 11.9. The van der Waals surface area contributed by atoms with Gasteiger partial charge in [-0.15, -0.1) is 11.3 Å². The number of Topliss-reactive ketones (excluding diaryl/α,β-unsaturated/α-hetero) is 1. The van der Waals surface area contributed by atoms with Gasteiger partial charge in [-0.1, -0.05) is 12.1 Å². The number of methoxy groups -OCH3 is 2. The summed E-state index contributed by atoms with van der Waals surface area (Å²) < 4.78 is 16.4. The number of ketones is 1. The van der Waals surface area contributed by atoms with Crippen LogP contribution in [0.4, 0.5) is 0 Å². The van der Waals surface area contributed by atoms with Crippen molar-refractivity contribution < 1.29 is 23.8 Å². The second-order valence-electron chi connectivity index (χ2n) is 8.60. The van der Waals surface area contributed by atoms with Gasteiger partial charge in [0, 0.05) is 28.3 Å². The number of thiophene rings is 1. The van der Waals surface area contributed by atoms with Crippen LogP contribution in [0.25, 0.3) is 0 Å². The molecule has 174 valence electrons.